The number of nitrogens with zero attached hydrogens (tertiary/aromatic N) is 3. The smallest absolute Gasteiger partial charge is 0.323 e. The standard InChI is InChI=1S/C20H26N4O3/c1-14(24-18(26)20(21-19(24)27)9-5-6-10-20)17(25)23-12-11-22(2)13-15-7-3-4-8-16(15)23/h3-4,7-8,14H,5-6,9-13H2,1-2H3,(H,21,27). The predicted octanol–water partition coefficient (Wildman–Crippen LogP) is 1.72. The summed E-state index contributed by atoms with van der Waals surface area (Å²) in [4.78, 5) is 43.9. The number of amides is 4. The first kappa shape index (κ1) is 18.0. The van der Waals surface area contributed by atoms with Crippen molar-refractivity contribution in [2.45, 2.75) is 50.7 Å². The number of benzene rings is 1. The van der Waals surface area contributed by atoms with E-state index in [4.69, 9.17) is 0 Å². The molecule has 0 radical (unpaired) electrons. The van der Waals surface area contributed by atoms with Crippen LogP contribution in [0, 0.1) is 0 Å². The summed E-state index contributed by atoms with van der Waals surface area (Å²) in [5.41, 5.74) is 1.14. The second-order valence-electron chi connectivity index (χ2n) is 7.93. The Morgan fingerprint density at radius 2 is 1.85 bits per heavy atom. The van der Waals surface area contributed by atoms with E-state index in [9.17, 15) is 14.4 Å². The van der Waals surface area contributed by atoms with Gasteiger partial charge in [0.25, 0.3) is 5.91 Å². The Balaban J connectivity index is 1.61. The average molecular weight is 370 g/mol. The third kappa shape index (κ3) is 2.90. The molecule has 0 bridgehead atoms. The van der Waals surface area contributed by atoms with Crippen LogP contribution in [-0.2, 0) is 16.1 Å². The highest BCUT2D eigenvalue weighted by molar-refractivity contribution is 6.11. The minimum absolute atomic E-state index is 0.212. The van der Waals surface area contributed by atoms with Crippen molar-refractivity contribution in [3.8, 4) is 0 Å². The zero-order chi connectivity index (χ0) is 19.2. The van der Waals surface area contributed by atoms with Gasteiger partial charge in [0, 0.05) is 25.3 Å². The van der Waals surface area contributed by atoms with Crippen LogP contribution in [0.4, 0.5) is 10.5 Å². The highest BCUT2D eigenvalue weighted by Gasteiger charge is 2.54. The molecule has 4 amide bonds. The molecule has 1 aliphatic carbocycles. The molecule has 4 rings (SSSR count). The Kier molecular flexibility index (Phi) is 4.42. The van der Waals surface area contributed by atoms with Crippen LogP contribution in [0.3, 0.4) is 0 Å². The second kappa shape index (κ2) is 6.64. The lowest BCUT2D eigenvalue weighted by molar-refractivity contribution is -0.137. The molecule has 0 aromatic heterocycles. The van der Waals surface area contributed by atoms with Crippen LogP contribution in [0.2, 0.25) is 0 Å². The van der Waals surface area contributed by atoms with Gasteiger partial charge in [0.2, 0.25) is 5.91 Å². The van der Waals surface area contributed by atoms with Crippen LogP contribution in [-0.4, -0.2) is 59.4 Å². The van der Waals surface area contributed by atoms with Crippen molar-refractivity contribution in [2.75, 3.05) is 25.0 Å². The molecular formula is C20H26N4O3. The van der Waals surface area contributed by atoms with Crippen molar-refractivity contribution in [2.24, 2.45) is 0 Å². The van der Waals surface area contributed by atoms with Crippen LogP contribution >= 0.6 is 0 Å². The summed E-state index contributed by atoms with van der Waals surface area (Å²) in [5.74, 6) is -0.456. The summed E-state index contributed by atoms with van der Waals surface area (Å²) < 4.78 is 0. The second-order valence-corrected chi connectivity index (χ2v) is 7.93. The van der Waals surface area contributed by atoms with Gasteiger partial charge in [-0.2, -0.15) is 0 Å². The van der Waals surface area contributed by atoms with Crippen LogP contribution in [0.1, 0.15) is 38.2 Å². The molecule has 1 N–H and O–H groups in total. The third-order valence-corrected chi connectivity index (χ3v) is 6.09. The number of hydrogen-bond donors (Lipinski definition) is 1. The Labute approximate surface area is 159 Å². The van der Waals surface area contributed by atoms with E-state index in [0.717, 1.165) is 42.1 Å². The van der Waals surface area contributed by atoms with Gasteiger partial charge in [-0.25, -0.2) is 9.69 Å². The van der Waals surface area contributed by atoms with Gasteiger partial charge in [-0.3, -0.25) is 9.59 Å². The number of fused-ring (bicyclic) bond motifs is 1. The van der Waals surface area contributed by atoms with Gasteiger partial charge in [0.1, 0.15) is 11.6 Å². The molecule has 7 nitrogen and oxygen atoms in total. The molecule has 27 heavy (non-hydrogen) atoms. The summed E-state index contributed by atoms with van der Waals surface area (Å²) in [6.45, 7) is 3.69. The maximum atomic E-state index is 13.3. The van der Waals surface area contributed by atoms with E-state index in [2.05, 4.69) is 10.2 Å². The number of para-hydroxylation sites is 1. The van der Waals surface area contributed by atoms with E-state index in [-0.39, 0.29) is 11.8 Å². The average Bonchev–Trinajstić information content (AvgIpc) is 3.15. The SMILES string of the molecule is CC(C(=O)N1CCN(C)Cc2ccccc21)N1C(=O)NC2(CCCC2)C1=O. The Hall–Kier alpha value is -2.41. The van der Waals surface area contributed by atoms with Crippen LogP contribution < -0.4 is 10.2 Å². The zero-order valence-corrected chi connectivity index (χ0v) is 15.9. The van der Waals surface area contributed by atoms with Crippen LogP contribution in [0.15, 0.2) is 24.3 Å². The number of imide groups is 1. The van der Waals surface area contributed by atoms with E-state index < -0.39 is 17.6 Å². The summed E-state index contributed by atoms with van der Waals surface area (Å²) in [6, 6.07) is 6.56. The number of hydrogen-bond acceptors (Lipinski definition) is 4. The van der Waals surface area contributed by atoms with Crippen molar-refractivity contribution < 1.29 is 14.4 Å². The maximum absolute atomic E-state index is 13.3. The number of nitrogens with one attached hydrogen (secondary N) is 1. The Bertz CT molecular complexity index is 787. The number of carbonyl (C=O) groups is 3. The molecule has 3 aliphatic rings. The number of anilines is 1. The van der Waals surface area contributed by atoms with Crippen LogP contribution in [0.25, 0.3) is 0 Å². The molecule has 1 spiro atoms. The van der Waals surface area contributed by atoms with Crippen LogP contribution in [0.5, 0.6) is 0 Å². The lowest BCUT2D eigenvalue weighted by atomic mass is 9.97. The number of urea groups is 1. The largest absolute Gasteiger partial charge is 0.325 e. The first-order valence-electron chi connectivity index (χ1n) is 9.66. The molecule has 1 atom stereocenters. The number of carbonyl (C=O) groups excluding carboxylic acids is 3. The molecular weight excluding hydrogens is 344 g/mol. The maximum Gasteiger partial charge on any atom is 0.325 e. The molecule has 2 heterocycles. The fourth-order valence-electron chi connectivity index (χ4n) is 4.54. The third-order valence-electron chi connectivity index (χ3n) is 6.09. The fourth-order valence-corrected chi connectivity index (χ4v) is 4.54. The summed E-state index contributed by atoms with van der Waals surface area (Å²) >= 11 is 0. The van der Waals surface area contributed by atoms with Gasteiger partial charge in [-0.15, -0.1) is 0 Å². The Morgan fingerprint density at radius 3 is 2.59 bits per heavy atom. The van der Waals surface area contributed by atoms with Crippen molar-refractivity contribution >= 4 is 23.5 Å². The number of rotatable bonds is 2. The fraction of sp³-hybridized carbons (Fsp3) is 0.550. The van der Waals surface area contributed by atoms with Gasteiger partial charge in [0.15, 0.2) is 0 Å². The lowest BCUT2D eigenvalue weighted by Crippen LogP contribution is -2.52. The minimum Gasteiger partial charge on any atom is -0.323 e. The molecule has 1 saturated carbocycles. The number of likely N-dealkylation sites (N-methyl/N-ethyl adjacent to an activating group) is 1. The minimum atomic E-state index is -0.825. The van der Waals surface area contributed by atoms with Crippen molar-refractivity contribution in [1.29, 1.82) is 0 Å². The molecule has 7 heteroatoms. The molecule has 1 aromatic rings. The van der Waals surface area contributed by atoms with Gasteiger partial charge >= 0.3 is 6.03 Å². The van der Waals surface area contributed by atoms with E-state index in [1.165, 1.54) is 0 Å². The quantitative estimate of drug-likeness (QED) is 0.805. The molecule has 1 unspecified atom stereocenters. The monoisotopic (exact) mass is 370 g/mol. The molecule has 2 fully saturated rings. The van der Waals surface area contributed by atoms with E-state index >= 15 is 0 Å². The normalized spacial score (nSPS) is 23.3. The summed E-state index contributed by atoms with van der Waals surface area (Å²) in [5, 5.41) is 2.86. The highest BCUT2D eigenvalue weighted by atomic mass is 16.2. The lowest BCUT2D eigenvalue weighted by Gasteiger charge is -2.29. The first-order valence-corrected chi connectivity index (χ1v) is 9.66. The molecule has 144 valence electrons. The summed E-state index contributed by atoms with van der Waals surface area (Å²) in [6.07, 6.45) is 3.17. The van der Waals surface area contributed by atoms with E-state index in [1.54, 1.807) is 11.8 Å². The van der Waals surface area contributed by atoms with E-state index in [1.807, 2.05) is 31.3 Å². The highest BCUT2D eigenvalue weighted by Crippen LogP contribution is 2.36. The Morgan fingerprint density at radius 1 is 1.15 bits per heavy atom. The van der Waals surface area contributed by atoms with Gasteiger partial charge in [0.05, 0.1) is 0 Å². The van der Waals surface area contributed by atoms with Crippen molar-refractivity contribution in [3.63, 3.8) is 0 Å². The van der Waals surface area contributed by atoms with Crippen molar-refractivity contribution in [1.82, 2.24) is 15.1 Å². The molecule has 2 aliphatic heterocycles. The topological polar surface area (TPSA) is 73.0 Å². The zero-order valence-electron chi connectivity index (χ0n) is 15.9. The van der Waals surface area contributed by atoms with Gasteiger partial charge in [-0.05, 0) is 38.4 Å². The molecule has 1 saturated heterocycles. The van der Waals surface area contributed by atoms with Gasteiger partial charge < -0.3 is 15.1 Å². The predicted molar refractivity (Wildman–Crippen MR) is 101 cm³/mol. The van der Waals surface area contributed by atoms with Gasteiger partial charge in [-0.1, -0.05) is 31.0 Å². The first-order chi connectivity index (χ1) is 12.9. The summed E-state index contributed by atoms with van der Waals surface area (Å²) in [7, 11) is 2.02. The van der Waals surface area contributed by atoms with Crippen molar-refractivity contribution in [3.05, 3.63) is 29.8 Å². The van der Waals surface area contributed by atoms with E-state index in [0.29, 0.717) is 19.4 Å². The molecule has 1 aromatic carbocycles.